The van der Waals surface area contributed by atoms with Crippen LogP contribution < -0.4 is 10.6 Å². The van der Waals surface area contributed by atoms with E-state index < -0.39 is 0 Å². The van der Waals surface area contributed by atoms with Gasteiger partial charge in [-0.3, -0.25) is 14.8 Å². The maximum atomic E-state index is 12.1. The fraction of sp³-hybridized carbons (Fsp3) is 0.222. The number of halogens is 1. The number of amides is 1. The Morgan fingerprint density at radius 2 is 1.80 bits per heavy atom. The van der Waals surface area contributed by atoms with Crippen LogP contribution in [0, 0.1) is 0 Å². The lowest BCUT2D eigenvalue weighted by Gasteiger charge is -2.08. The maximum Gasteiger partial charge on any atom is 0.287 e. The van der Waals surface area contributed by atoms with Gasteiger partial charge in [-0.05, 0) is 66.7 Å². The van der Waals surface area contributed by atoms with Gasteiger partial charge in [0.05, 0.1) is 10.2 Å². The summed E-state index contributed by atoms with van der Waals surface area (Å²) in [5.41, 5.74) is 3.43. The van der Waals surface area contributed by atoms with Crippen molar-refractivity contribution in [1.29, 1.82) is 0 Å². The van der Waals surface area contributed by atoms with Crippen LogP contribution in [0.1, 0.15) is 30.0 Å². The first-order valence-electron chi connectivity index (χ1n) is 11.0. The highest BCUT2D eigenvalue weighted by Gasteiger charge is 2.11. The van der Waals surface area contributed by atoms with Crippen LogP contribution in [-0.2, 0) is 6.42 Å². The zero-order chi connectivity index (χ0) is 25.6. The largest absolute Gasteiger partial charge is 0.508 e. The van der Waals surface area contributed by atoms with Crippen LogP contribution in [0.5, 0.6) is 5.75 Å². The summed E-state index contributed by atoms with van der Waals surface area (Å²) in [6, 6.07) is 16.6. The molecule has 0 saturated carbocycles. The van der Waals surface area contributed by atoms with Gasteiger partial charge in [0.25, 0.3) is 5.91 Å². The molecule has 0 aliphatic carbocycles. The highest BCUT2D eigenvalue weighted by atomic mass is 79.9. The van der Waals surface area contributed by atoms with Gasteiger partial charge in [0.1, 0.15) is 11.3 Å². The molecule has 0 fully saturated rings. The van der Waals surface area contributed by atoms with Gasteiger partial charge in [-0.1, -0.05) is 42.5 Å². The number of nitrogens with zero attached hydrogens (tertiary/aromatic N) is 2. The number of benzene rings is 2. The number of para-hydroxylation sites is 2. The number of nitrogens with one attached hydrogen (secondary N) is 2. The molecule has 0 aliphatic rings. The second kappa shape index (κ2) is 14.6. The lowest BCUT2D eigenvalue weighted by molar-refractivity contribution is 0.0928. The molecule has 35 heavy (non-hydrogen) atoms. The van der Waals surface area contributed by atoms with Crippen LogP contribution in [0.3, 0.4) is 0 Å². The van der Waals surface area contributed by atoms with E-state index in [4.69, 9.17) is 4.42 Å². The van der Waals surface area contributed by atoms with Crippen molar-refractivity contribution in [1.82, 2.24) is 10.6 Å². The molecule has 1 heterocycles. The lowest BCUT2D eigenvalue weighted by Crippen LogP contribution is -2.31. The molecular weight excluding hydrogens is 508 g/mol. The average molecular weight is 539 g/mol. The van der Waals surface area contributed by atoms with Gasteiger partial charge in [0.2, 0.25) is 0 Å². The lowest BCUT2D eigenvalue weighted by atomic mass is 10.1. The molecule has 3 rings (SSSR count). The molecule has 8 heteroatoms. The number of hydrogen-bond donors (Lipinski definition) is 3. The Morgan fingerprint density at radius 3 is 2.49 bits per heavy atom. The van der Waals surface area contributed by atoms with Crippen molar-refractivity contribution in [3.05, 3.63) is 87.9 Å². The van der Waals surface area contributed by atoms with Crippen molar-refractivity contribution < 1.29 is 14.3 Å². The summed E-state index contributed by atoms with van der Waals surface area (Å²) in [6.45, 7) is 8.27. The van der Waals surface area contributed by atoms with Gasteiger partial charge >= 0.3 is 0 Å². The molecule has 0 saturated heterocycles. The molecule has 1 amide bonds. The normalized spacial score (nSPS) is 12.1. The summed E-state index contributed by atoms with van der Waals surface area (Å²) in [7, 11) is 1.71. The van der Waals surface area contributed by atoms with Crippen molar-refractivity contribution in [2.45, 2.75) is 20.3 Å². The van der Waals surface area contributed by atoms with E-state index in [-0.39, 0.29) is 5.91 Å². The summed E-state index contributed by atoms with van der Waals surface area (Å²) in [4.78, 5) is 19.6. The third kappa shape index (κ3) is 9.25. The van der Waals surface area contributed by atoms with Gasteiger partial charge in [-0.2, -0.15) is 0 Å². The SMILES string of the molecule is C/C(=C\Cc1ccccc1O)NCCNC(=O)c1cc2ccccc2o1.C=N/C(C)=C(\Br)C=NC. The number of furan rings is 1. The molecule has 7 nitrogen and oxygen atoms in total. The van der Waals surface area contributed by atoms with Gasteiger partial charge in [-0.25, -0.2) is 0 Å². The quantitative estimate of drug-likeness (QED) is 0.243. The predicted molar refractivity (Wildman–Crippen MR) is 148 cm³/mol. The van der Waals surface area contributed by atoms with Crippen LogP contribution in [0.25, 0.3) is 11.0 Å². The van der Waals surface area contributed by atoms with Crippen molar-refractivity contribution >= 4 is 45.7 Å². The third-order valence-electron chi connectivity index (χ3n) is 4.91. The van der Waals surface area contributed by atoms with E-state index >= 15 is 0 Å². The number of aromatic hydroxyl groups is 1. The zero-order valence-corrected chi connectivity index (χ0v) is 21.8. The van der Waals surface area contributed by atoms with Gasteiger partial charge in [0, 0.05) is 37.4 Å². The molecule has 1 aromatic heterocycles. The van der Waals surface area contributed by atoms with Crippen molar-refractivity contribution in [3.63, 3.8) is 0 Å². The van der Waals surface area contributed by atoms with Crippen LogP contribution >= 0.6 is 15.9 Å². The zero-order valence-electron chi connectivity index (χ0n) is 20.2. The molecule has 0 atom stereocenters. The number of phenols is 1. The second-order valence-corrected chi connectivity index (χ2v) is 8.38. The Bertz CT molecular complexity index is 1190. The van der Waals surface area contributed by atoms with E-state index in [2.05, 4.69) is 43.3 Å². The van der Waals surface area contributed by atoms with Crippen LogP contribution in [-0.4, -0.2) is 44.1 Å². The Labute approximate surface area is 214 Å². The van der Waals surface area contributed by atoms with E-state index in [9.17, 15) is 9.90 Å². The van der Waals surface area contributed by atoms with Crippen molar-refractivity contribution in [3.8, 4) is 5.75 Å². The van der Waals surface area contributed by atoms with E-state index in [0.29, 0.717) is 36.6 Å². The number of allylic oxidation sites excluding steroid dienone is 4. The molecule has 0 radical (unpaired) electrons. The molecule has 184 valence electrons. The highest BCUT2D eigenvalue weighted by molar-refractivity contribution is 9.12. The van der Waals surface area contributed by atoms with Gasteiger partial charge in [0.15, 0.2) is 5.76 Å². The van der Waals surface area contributed by atoms with E-state index in [0.717, 1.165) is 26.8 Å². The highest BCUT2D eigenvalue weighted by Crippen LogP contribution is 2.18. The topological polar surface area (TPSA) is 99.2 Å². The molecule has 0 aliphatic heterocycles. The fourth-order valence-corrected chi connectivity index (χ4v) is 3.25. The first-order valence-corrected chi connectivity index (χ1v) is 11.8. The Morgan fingerprint density at radius 1 is 1.11 bits per heavy atom. The standard InChI is InChI=1S/C21H22N2O3.C6H9BrN2/c1-15(10-11-16-6-2-4-8-18(16)24)22-12-13-23-21(25)20-14-17-7-3-5-9-19(17)26-20;1-5(9-3)6(7)4-8-2/h2-10,14,22,24H,11-13H2,1H3,(H,23,25);4H,3H2,1-2H3/b15-10+;6-5-,8-4?. The molecule has 3 aromatic rings. The minimum atomic E-state index is -0.223. The number of fused-ring (bicyclic) bond motifs is 1. The van der Waals surface area contributed by atoms with Gasteiger partial charge in [-0.15, -0.1) is 0 Å². The Kier molecular flexibility index (Phi) is 11.5. The second-order valence-electron chi connectivity index (χ2n) is 7.53. The predicted octanol–water partition coefficient (Wildman–Crippen LogP) is 5.62. The van der Waals surface area contributed by atoms with Crippen molar-refractivity contribution in [2.75, 3.05) is 20.1 Å². The Balaban J connectivity index is 0.000000410. The average Bonchev–Trinajstić information content (AvgIpc) is 3.30. The monoisotopic (exact) mass is 538 g/mol. The summed E-state index contributed by atoms with van der Waals surface area (Å²) in [5.74, 6) is 0.395. The minimum absolute atomic E-state index is 0.223. The number of hydrogen-bond acceptors (Lipinski definition) is 6. The number of carbonyl (C=O) groups excluding carboxylic acids is 1. The number of aliphatic imine (C=N–C) groups is 2. The first kappa shape index (κ1) is 27.6. The van der Waals surface area contributed by atoms with Crippen LogP contribution in [0.2, 0.25) is 0 Å². The van der Waals surface area contributed by atoms with E-state index in [1.807, 2.05) is 56.3 Å². The maximum absolute atomic E-state index is 12.1. The summed E-state index contributed by atoms with van der Waals surface area (Å²) in [6.07, 6.45) is 4.34. The first-order chi connectivity index (χ1) is 16.8. The third-order valence-corrected chi connectivity index (χ3v) is 5.69. The number of phenolic OH excluding ortho intramolecular Hbond substituents is 1. The fourth-order valence-electron chi connectivity index (χ4n) is 2.92. The minimum Gasteiger partial charge on any atom is -0.508 e. The summed E-state index contributed by atoms with van der Waals surface area (Å²) in [5, 5.41) is 16.7. The van der Waals surface area contributed by atoms with Crippen LogP contribution in [0.15, 0.2) is 91.0 Å². The molecule has 0 bridgehead atoms. The summed E-state index contributed by atoms with van der Waals surface area (Å²) >= 11 is 3.26. The molecule has 2 aromatic carbocycles. The summed E-state index contributed by atoms with van der Waals surface area (Å²) < 4.78 is 6.41. The molecule has 3 N–H and O–H groups in total. The Hall–Kier alpha value is -3.65. The van der Waals surface area contributed by atoms with Gasteiger partial charge < -0.3 is 20.2 Å². The van der Waals surface area contributed by atoms with E-state index in [1.165, 1.54) is 0 Å². The number of rotatable bonds is 9. The molecule has 0 spiro atoms. The smallest absolute Gasteiger partial charge is 0.287 e. The van der Waals surface area contributed by atoms with E-state index in [1.54, 1.807) is 31.5 Å². The van der Waals surface area contributed by atoms with Crippen LogP contribution in [0.4, 0.5) is 0 Å². The molecule has 0 unspecified atom stereocenters. The molecular formula is C27H31BrN4O3. The van der Waals surface area contributed by atoms with Crippen molar-refractivity contribution in [2.24, 2.45) is 9.98 Å². The number of carbonyl (C=O) groups is 1.